The van der Waals surface area contributed by atoms with E-state index in [4.69, 9.17) is 4.52 Å². The summed E-state index contributed by atoms with van der Waals surface area (Å²) in [5.41, 5.74) is 3.56. The van der Waals surface area contributed by atoms with Crippen LogP contribution in [0.5, 0.6) is 0 Å². The van der Waals surface area contributed by atoms with Crippen LogP contribution in [-0.4, -0.2) is 30.6 Å². The number of amides is 1. The molecule has 3 aromatic heterocycles. The van der Waals surface area contributed by atoms with E-state index in [2.05, 4.69) is 25.4 Å². The Labute approximate surface area is 161 Å². The molecule has 0 fully saturated rings. The van der Waals surface area contributed by atoms with Crippen LogP contribution in [-0.2, 0) is 17.9 Å². The Hall–Kier alpha value is -3.81. The first-order valence-corrected chi connectivity index (χ1v) is 8.76. The van der Waals surface area contributed by atoms with Crippen LogP contribution < -0.4 is 5.32 Å². The third-order valence-corrected chi connectivity index (χ3v) is 4.15. The Morgan fingerprint density at radius 3 is 2.71 bits per heavy atom. The first-order valence-electron chi connectivity index (χ1n) is 8.76. The van der Waals surface area contributed by atoms with Crippen molar-refractivity contribution in [1.82, 2.24) is 30.0 Å². The van der Waals surface area contributed by atoms with Gasteiger partial charge in [0.1, 0.15) is 12.2 Å². The third kappa shape index (κ3) is 4.12. The normalized spacial score (nSPS) is 10.8. The second-order valence-corrected chi connectivity index (χ2v) is 6.35. The monoisotopic (exact) mass is 374 g/mol. The zero-order chi connectivity index (χ0) is 19.3. The molecule has 1 N–H and O–H groups in total. The highest BCUT2D eigenvalue weighted by molar-refractivity contribution is 5.75. The molecule has 28 heavy (non-hydrogen) atoms. The Morgan fingerprint density at radius 1 is 1.14 bits per heavy atom. The van der Waals surface area contributed by atoms with Crippen molar-refractivity contribution in [2.75, 3.05) is 0 Å². The van der Waals surface area contributed by atoms with Crippen LogP contribution in [0.3, 0.4) is 0 Å². The van der Waals surface area contributed by atoms with Crippen LogP contribution in [0.1, 0.15) is 11.1 Å². The van der Waals surface area contributed by atoms with Gasteiger partial charge in [-0.3, -0.25) is 9.78 Å². The van der Waals surface area contributed by atoms with Crippen LogP contribution in [0, 0.1) is 6.92 Å². The maximum atomic E-state index is 12.2. The summed E-state index contributed by atoms with van der Waals surface area (Å²) in [4.78, 5) is 24.7. The molecule has 0 aliphatic rings. The molecule has 0 aliphatic heterocycles. The molecule has 8 heteroatoms. The second kappa shape index (κ2) is 7.83. The van der Waals surface area contributed by atoms with Crippen LogP contribution in [0.15, 0.2) is 65.8 Å². The van der Waals surface area contributed by atoms with E-state index in [1.165, 1.54) is 5.56 Å². The first-order chi connectivity index (χ1) is 13.7. The average Bonchev–Trinajstić information content (AvgIpc) is 3.38. The molecule has 1 amide bonds. The lowest BCUT2D eigenvalue weighted by atomic mass is 10.1. The molecule has 8 nitrogen and oxygen atoms in total. The molecule has 4 aromatic rings. The zero-order valence-electron chi connectivity index (χ0n) is 15.2. The number of nitrogens with one attached hydrogen (secondary N) is 1. The fraction of sp³-hybridized carbons (Fsp3) is 0.150. The smallest absolute Gasteiger partial charge is 0.258 e. The predicted molar refractivity (Wildman–Crippen MR) is 102 cm³/mol. The summed E-state index contributed by atoms with van der Waals surface area (Å²) in [5.74, 6) is 0.656. The Balaban J connectivity index is 1.37. The minimum atomic E-state index is -0.102. The standard InChI is InChI=1S/C20H18N6O2/c1-14-2-4-15(5-3-14)10-22-18(27)12-26-11-17(23-13-26)19-24-20(28-25-19)16-6-8-21-9-7-16/h2-9,11,13H,10,12H2,1H3,(H,22,27). The summed E-state index contributed by atoms with van der Waals surface area (Å²) < 4.78 is 6.96. The SMILES string of the molecule is Cc1ccc(CNC(=O)Cn2cnc(-c3noc(-c4ccncc4)n3)c2)cc1. The van der Waals surface area contributed by atoms with Gasteiger partial charge >= 0.3 is 0 Å². The number of benzene rings is 1. The van der Waals surface area contributed by atoms with Crippen molar-refractivity contribution in [2.45, 2.75) is 20.0 Å². The molecule has 0 saturated carbocycles. The third-order valence-electron chi connectivity index (χ3n) is 4.15. The topological polar surface area (TPSA) is 98.7 Å². The van der Waals surface area contributed by atoms with Crippen molar-refractivity contribution in [3.8, 4) is 23.0 Å². The minimum absolute atomic E-state index is 0.102. The number of hydrogen-bond acceptors (Lipinski definition) is 6. The molecule has 4 rings (SSSR count). The number of rotatable bonds is 6. The van der Waals surface area contributed by atoms with Gasteiger partial charge in [0.2, 0.25) is 11.7 Å². The summed E-state index contributed by atoms with van der Waals surface area (Å²) in [6.45, 7) is 2.68. The molecular weight excluding hydrogens is 356 g/mol. The van der Waals surface area contributed by atoms with Gasteiger partial charge in [-0.25, -0.2) is 4.98 Å². The van der Waals surface area contributed by atoms with Crippen LogP contribution >= 0.6 is 0 Å². The van der Waals surface area contributed by atoms with Gasteiger partial charge in [-0.2, -0.15) is 4.98 Å². The molecular formula is C20H18N6O2. The van der Waals surface area contributed by atoms with E-state index in [0.717, 1.165) is 11.1 Å². The lowest BCUT2D eigenvalue weighted by Gasteiger charge is -2.06. The summed E-state index contributed by atoms with van der Waals surface area (Å²) >= 11 is 0. The molecule has 0 bridgehead atoms. The lowest BCUT2D eigenvalue weighted by molar-refractivity contribution is -0.121. The second-order valence-electron chi connectivity index (χ2n) is 6.35. The fourth-order valence-corrected chi connectivity index (χ4v) is 2.63. The molecule has 0 spiro atoms. The molecule has 0 atom stereocenters. The average molecular weight is 374 g/mol. The molecule has 0 aliphatic carbocycles. The van der Waals surface area contributed by atoms with E-state index in [0.29, 0.717) is 24.0 Å². The van der Waals surface area contributed by atoms with Crippen molar-refractivity contribution in [1.29, 1.82) is 0 Å². The Bertz CT molecular complexity index is 1070. The molecule has 0 saturated heterocycles. The van der Waals surface area contributed by atoms with Crippen molar-refractivity contribution in [3.05, 3.63) is 72.4 Å². The van der Waals surface area contributed by atoms with Gasteiger partial charge < -0.3 is 14.4 Å². The number of hydrogen-bond donors (Lipinski definition) is 1. The fourth-order valence-electron chi connectivity index (χ4n) is 2.63. The number of imidazole rings is 1. The minimum Gasteiger partial charge on any atom is -0.350 e. The van der Waals surface area contributed by atoms with Gasteiger partial charge in [0.25, 0.3) is 5.89 Å². The zero-order valence-corrected chi connectivity index (χ0v) is 15.2. The van der Waals surface area contributed by atoms with Gasteiger partial charge in [-0.05, 0) is 24.6 Å². The van der Waals surface area contributed by atoms with E-state index >= 15 is 0 Å². The quantitative estimate of drug-likeness (QED) is 0.557. The number of nitrogens with zero attached hydrogens (tertiary/aromatic N) is 5. The summed E-state index contributed by atoms with van der Waals surface area (Å²) in [7, 11) is 0. The number of aryl methyl sites for hydroxylation is 1. The summed E-state index contributed by atoms with van der Waals surface area (Å²) in [6, 6.07) is 11.6. The van der Waals surface area contributed by atoms with E-state index in [1.807, 2.05) is 31.2 Å². The van der Waals surface area contributed by atoms with Crippen LogP contribution in [0.2, 0.25) is 0 Å². The van der Waals surface area contributed by atoms with Crippen molar-refractivity contribution in [2.24, 2.45) is 0 Å². The maximum absolute atomic E-state index is 12.2. The number of aromatic nitrogens is 5. The van der Waals surface area contributed by atoms with Crippen LogP contribution in [0.4, 0.5) is 0 Å². The molecule has 3 heterocycles. The largest absolute Gasteiger partial charge is 0.350 e. The van der Waals surface area contributed by atoms with Gasteiger partial charge in [-0.15, -0.1) is 0 Å². The van der Waals surface area contributed by atoms with Crippen molar-refractivity contribution in [3.63, 3.8) is 0 Å². The van der Waals surface area contributed by atoms with Gasteiger partial charge in [0.05, 0.1) is 6.33 Å². The Kier molecular flexibility index (Phi) is 4.92. The maximum Gasteiger partial charge on any atom is 0.258 e. The van der Waals surface area contributed by atoms with Crippen molar-refractivity contribution < 1.29 is 9.32 Å². The predicted octanol–water partition coefficient (Wildman–Crippen LogP) is 2.62. The van der Waals surface area contributed by atoms with E-state index in [1.54, 1.807) is 41.6 Å². The molecule has 140 valence electrons. The van der Waals surface area contributed by atoms with E-state index in [-0.39, 0.29) is 12.5 Å². The van der Waals surface area contributed by atoms with Gasteiger partial charge in [-0.1, -0.05) is 35.0 Å². The highest BCUT2D eigenvalue weighted by Gasteiger charge is 2.13. The highest BCUT2D eigenvalue weighted by Crippen LogP contribution is 2.20. The van der Waals surface area contributed by atoms with Gasteiger partial charge in [0.15, 0.2) is 0 Å². The molecule has 0 unspecified atom stereocenters. The van der Waals surface area contributed by atoms with Gasteiger partial charge in [0, 0.05) is 30.7 Å². The van der Waals surface area contributed by atoms with Crippen LogP contribution in [0.25, 0.3) is 23.0 Å². The molecule has 0 radical (unpaired) electrons. The number of pyridine rings is 1. The van der Waals surface area contributed by atoms with E-state index < -0.39 is 0 Å². The van der Waals surface area contributed by atoms with E-state index in [9.17, 15) is 4.79 Å². The number of carbonyl (C=O) groups excluding carboxylic acids is 1. The highest BCUT2D eigenvalue weighted by atomic mass is 16.5. The lowest BCUT2D eigenvalue weighted by Crippen LogP contribution is -2.26. The Morgan fingerprint density at radius 2 is 1.93 bits per heavy atom. The summed E-state index contributed by atoms with van der Waals surface area (Å²) in [5, 5.41) is 6.85. The summed E-state index contributed by atoms with van der Waals surface area (Å²) in [6.07, 6.45) is 6.60. The first kappa shape index (κ1) is 17.6. The number of carbonyl (C=O) groups is 1. The molecule has 1 aromatic carbocycles. The van der Waals surface area contributed by atoms with Crippen molar-refractivity contribution >= 4 is 5.91 Å².